The van der Waals surface area contributed by atoms with Gasteiger partial charge < -0.3 is 11.1 Å². The van der Waals surface area contributed by atoms with Crippen molar-refractivity contribution in [2.24, 2.45) is 0 Å². The lowest BCUT2D eigenvalue weighted by Gasteiger charge is -2.11. The summed E-state index contributed by atoms with van der Waals surface area (Å²) in [6, 6.07) is 29.7. The number of carbonyl (C=O) groups excluding carboxylic acids is 2. The van der Waals surface area contributed by atoms with E-state index >= 15 is 0 Å². The van der Waals surface area contributed by atoms with Crippen LogP contribution in [0.5, 0.6) is 0 Å². The number of thiophene rings is 2. The van der Waals surface area contributed by atoms with E-state index in [2.05, 4.69) is 5.32 Å². The minimum absolute atomic E-state index is 0.155. The molecule has 1 amide bonds. The van der Waals surface area contributed by atoms with E-state index in [1.807, 2.05) is 60.0 Å². The molecule has 0 aliphatic heterocycles. The fourth-order valence-corrected chi connectivity index (χ4v) is 6.95. The Hall–Kier alpha value is -5.51. The van der Waals surface area contributed by atoms with Gasteiger partial charge in [0.05, 0.1) is 11.4 Å². The van der Waals surface area contributed by atoms with Crippen LogP contribution in [0, 0.1) is 11.6 Å². The molecule has 0 fully saturated rings. The van der Waals surface area contributed by atoms with Gasteiger partial charge in [0.2, 0.25) is 0 Å². The SMILES string of the molecule is Nc1c(C(=O)Nc2ccc(C(=O)/C=C/c3cccs3)cc2)sc2nc(-c3cccc4ccccc34)cc(-c3ccc(F)c(F)c3)c12. The van der Waals surface area contributed by atoms with Crippen LogP contribution in [0.2, 0.25) is 0 Å². The second-order valence-electron chi connectivity index (χ2n) is 10.5. The summed E-state index contributed by atoms with van der Waals surface area (Å²) in [6.07, 6.45) is 3.28. The molecule has 5 nitrogen and oxygen atoms in total. The number of benzene rings is 4. The molecular weight excluding hydrogens is 621 g/mol. The van der Waals surface area contributed by atoms with Gasteiger partial charge in [-0.2, -0.15) is 0 Å². The van der Waals surface area contributed by atoms with Gasteiger partial charge in [-0.1, -0.05) is 54.6 Å². The molecule has 0 radical (unpaired) electrons. The molecule has 0 saturated heterocycles. The van der Waals surface area contributed by atoms with Crippen LogP contribution in [0.25, 0.3) is 49.4 Å². The molecule has 9 heteroatoms. The van der Waals surface area contributed by atoms with E-state index < -0.39 is 17.5 Å². The first-order chi connectivity index (χ1) is 22.4. The lowest BCUT2D eigenvalue weighted by Crippen LogP contribution is -2.12. The van der Waals surface area contributed by atoms with Crippen LogP contribution in [-0.4, -0.2) is 16.7 Å². The zero-order chi connectivity index (χ0) is 31.8. The van der Waals surface area contributed by atoms with Crippen molar-refractivity contribution < 1.29 is 18.4 Å². The van der Waals surface area contributed by atoms with Crippen molar-refractivity contribution in [1.29, 1.82) is 0 Å². The van der Waals surface area contributed by atoms with Gasteiger partial charge in [-0.05, 0) is 88.0 Å². The molecule has 0 atom stereocenters. The number of anilines is 2. The second-order valence-corrected chi connectivity index (χ2v) is 12.5. The third-order valence-electron chi connectivity index (χ3n) is 7.57. The second kappa shape index (κ2) is 12.1. The summed E-state index contributed by atoms with van der Waals surface area (Å²) in [5.74, 6) is -2.57. The van der Waals surface area contributed by atoms with E-state index in [0.717, 1.165) is 44.7 Å². The van der Waals surface area contributed by atoms with Crippen LogP contribution < -0.4 is 11.1 Å². The van der Waals surface area contributed by atoms with Crippen molar-refractivity contribution in [1.82, 2.24) is 4.98 Å². The van der Waals surface area contributed by atoms with Gasteiger partial charge in [0, 0.05) is 27.1 Å². The summed E-state index contributed by atoms with van der Waals surface area (Å²) in [7, 11) is 0. The number of amides is 1. The molecule has 3 N–H and O–H groups in total. The van der Waals surface area contributed by atoms with Crippen molar-refractivity contribution in [2.75, 3.05) is 11.1 Å². The van der Waals surface area contributed by atoms with Gasteiger partial charge in [0.15, 0.2) is 17.4 Å². The number of carbonyl (C=O) groups is 2. The normalized spacial score (nSPS) is 11.4. The summed E-state index contributed by atoms with van der Waals surface area (Å²) < 4.78 is 28.4. The number of aromatic nitrogens is 1. The number of hydrogen-bond acceptors (Lipinski definition) is 6. The van der Waals surface area contributed by atoms with Crippen LogP contribution in [0.15, 0.2) is 115 Å². The van der Waals surface area contributed by atoms with Gasteiger partial charge in [-0.15, -0.1) is 22.7 Å². The van der Waals surface area contributed by atoms with Crippen molar-refractivity contribution in [2.45, 2.75) is 0 Å². The number of nitrogens with zero attached hydrogens (tertiary/aromatic N) is 1. The summed E-state index contributed by atoms with van der Waals surface area (Å²) in [5, 5.41) is 7.26. The molecule has 7 aromatic rings. The first kappa shape index (κ1) is 29.2. The number of nitrogens with one attached hydrogen (secondary N) is 1. The predicted octanol–water partition coefficient (Wildman–Crippen LogP) is 9.85. The molecule has 7 rings (SSSR count). The van der Waals surface area contributed by atoms with Crippen LogP contribution in [0.1, 0.15) is 24.9 Å². The van der Waals surface area contributed by atoms with Crippen molar-refractivity contribution in [3.63, 3.8) is 0 Å². The minimum atomic E-state index is -0.995. The van der Waals surface area contributed by atoms with E-state index in [-0.39, 0.29) is 16.3 Å². The van der Waals surface area contributed by atoms with Crippen LogP contribution in [0.4, 0.5) is 20.2 Å². The molecule has 224 valence electrons. The number of allylic oxidation sites excluding steroid dienone is 1. The molecule has 3 aromatic heterocycles. The van der Waals surface area contributed by atoms with Gasteiger partial charge in [-0.25, -0.2) is 13.8 Å². The van der Waals surface area contributed by atoms with Crippen LogP contribution >= 0.6 is 22.7 Å². The van der Waals surface area contributed by atoms with Gasteiger partial charge >= 0.3 is 0 Å². The number of rotatable bonds is 7. The summed E-state index contributed by atoms with van der Waals surface area (Å²) >= 11 is 2.66. The predicted molar refractivity (Wildman–Crippen MR) is 184 cm³/mol. The number of halogens is 2. The fraction of sp³-hybridized carbons (Fsp3) is 0. The van der Waals surface area contributed by atoms with E-state index in [0.29, 0.717) is 38.3 Å². The highest BCUT2D eigenvalue weighted by Gasteiger charge is 2.23. The summed E-state index contributed by atoms with van der Waals surface area (Å²) in [6.45, 7) is 0. The number of ketones is 1. The lowest BCUT2D eigenvalue weighted by atomic mass is 9.97. The third kappa shape index (κ3) is 5.58. The maximum absolute atomic E-state index is 14.5. The average Bonchev–Trinajstić information content (AvgIpc) is 3.72. The number of fused-ring (bicyclic) bond motifs is 2. The highest BCUT2D eigenvalue weighted by atomic mass is 32.1. The zero-order valence-corrected chi connectivity index (χ0v) is 25.6. The summed E-state index contributed by atoms with van der Waals surface area (Å²) in [5.41, 5.74) is 10.1. The van der Waals surface area contributed by atoms with Crippen molar-refractivity contribution >= 4 is 72.8 Å². The highest BCUT2D eigenvalue weighted by molar-refractivity contribution is 7.21. The standard InChI is InChI=1S/C37H23F2N3O2S2/c38-29-16-12-23(19-30(29)39)28-20-31(27-9-3-6-21-5-1-2-8-26(21)27)42-37-33(28)34(40)35(46-37)36(44)41-24-13-10-22(11-14-24)32(43)17-15-25-7-4-18-45-25/h1-20H,40H2,(H,41,44)/b17-15+. The summed E-state index contributed by atoms with van der Waals surface area (Å²) in [4.78, 5) is 32.7. The van der Waals surface area contributed by atoms with Gasteiger partial charge in [0.25, 0.3) is 5.91 Å². The average molecular weight is 644 g/mol. The maximum Gasteiger partial charge on any atom is 0.267 e. The number of pyridine rings is 1. The number of nitrogen functional groups attached to an aromatic ring is 1. The molecular formula is C37H23F2N3O2S2. The smallest absolute Gasteiger partial charge is 0.267 e. The first-order valence-electron chi connectivity index (χ1n) is 14.2. The molecule has 0 bridgehead atoms. The zero-order valence-electron chi connectivity index (χ0n) is 24.0. The van der Waals surface area contributed by atoms with Gasteiger partial charge in [0.1, 0.15) is 9.71 Å². The van der Waals surface area contributed by atoms with Crippen LogP contribution in [0.3, 0.4) is 0 Å². The molecule has 0 unspecified atom stereocenters. The minimum Gasteiger partial charge on any atom is -0.397 e. The van der Waals surface area contributed by atoms with E-state index in [1.165, 1.54) is 23.5 Å². The Labute approximate surface area is 270 Å². The largest absolute Gasteiger partial charge is 0.397 e. The molecule has 0 aliphatic rings. The molecule has 4 aromatic carbocycles. The quantitative estimate of drug-likeness (QED) is 0.134. The van der Waals surface area contributed by atoms with Crippen molar-refractivity contribution in [3.05, 3.63) is 142 Å². The molecule has 3 heterocycles. The molecule has 0 saturated carbocycles. The Morgan fingerprint density at radius 1 is 0.826 bits per heavy atom. The van der Waals surface area contributed by atoms with E-state index in [1.54, 1.807) is 36.4 Å². The fourth-order valence-electron chi connectivity index (χ4n) is 5.31. The number of nitrogens with two attached hydrogens (primary N) is 1. The molecule has 0 spiro atoms. The Bertz CT molecular complexity index is 2310. The Morgan fingerprint density at radius 3 is 2.41 bits per heavy atom. The molecule has 46 heavy (non-hydrogen) atoms. The first-order valence-corrected chi connectivity index (χ1v) is 15.9. The Kier molecular flexibility index (Phi) is 7.69. The Morgan fingerprint density at radius 2 is 1.63 bits per heavy atom. The maximum atomic E-state index is 14.5. The number of hydrogen-bond donors (Lipinski definition) is 2. The lowest BCUT2D eigenvalue weighted by molar-refractivity contribution is 0.102. The van der Waals surface area contributed by atoms with Crippen molar-refractivity contribution in [3.8, 4) is 22.4 Å². The van der Waals surface area contributed by atoms with Gasteiger partial charge in [-0.3, -0.25) is 9.59 Å². The highest BCUT2D eigenvalue weighted by Crippen LogP contribution is 2.42. The topological polar surface area (TPSA) is 85.1 Å². The third-order valence-corrected chi connectivity index (χ3v) is 9.51. The van der Waals surface area contributed by atoms with E-state index in [9.17, 15) is 18.4 Å². The van der Waals surface area contributed by atoms with E-state index in [4.69, 9.17) is 10.7 Å². The Balaban J connectivity index is 1.26. The monoisotopic (exact) mass is 643 g/mol. The molecule has 0 aliphatic carbocycles. The van der Waals surface area contributed by atoms with Crippen LogP contribution in [-0.2, 0) is 0 Å².